The second-order valence-corrected chi connectivity index (χ2v) is 4.72. The van der Waals surface area contributed by atoms with Gasteiger partial charge in [0.05, 0.1) is 5.57 Å². The molecule has 0 bridgehead atoms. The van der Waals surface area contributed by atoms with Crippen LogP contribution in [0.15, 0.2) is 79.1 Å². The summed E-state index contributed by atoms with van der Waals surface area (Å²) in [5.74, 6) is -0.173. The van der Waals surface area contributed by atoms with Crippen LogP contribution in [0.3, 0.4) is 0 Å². The number of hydrogen-bond donors (Lipinski definition) is 1. The van der Waals surface area contributed by atoms with E-state index in [0.29, 0.717) is 5.57 Å². The van der Waals surface area contributed by atoms with Crippen LogP contribution in [0.2, 0.25) is 0 Å². The lowest BCUT2D eigenvalue weighted by atomic mass is 10.1. The summed E-state index contributed by atoms with van der Waals surface area (Å²) in [5.41, 5.74) is 2.15. The predicted molar refractivity (Wildman–Crippen MR) is 87.9 cm³/mol. The minimum absolute atomic E-state index is 0.173. The van der Waals surface area contributed by atoms with E-state index in [1.165, 1.54) is 0 Å². The standard InChI is InChI=1S/C18H15N3O/c22-18(20-16-10-5-2-6-11-16)17(14-21-13-7-12-19-21)15-8-3-1-4-9-15/h1-14H,(H,20,22)/b17-14+. The van der Waals surface area contributed by atoms with Crippen LogP contribution in [0, 0.1) is 0 Å². The number of nitrogens with zero attached hydrogens (tertiary/aromatic N) is 2. The Kier molecular flexibility index (Phi) is 4.11. The lowest BCUT2D eigenvalue weighted by Gasteiger charge is -2.09. The average Bonchev–Trinajstić information content (AvgIpc) is 3.07. The minimum atomic E-state index is -0.173. The highest BCUT2D eigenvalue weighted by Crippen LogP contribution is 2.18. The molecule has 4 nitrogen and oxygen atoms in total. The van der Waals surface area contributed by atoms with Gasteiger partial charge in [0.25, 0.3) is 5.91 Å². The molecule has 108 valence electrons. The Hall–Kier alpha value is -3.14. The maximum Gasteiger partial charge on any atom is 0.257 e. The normalized spacial score (nSPS) is 11.2. The average molecular weight is 289 g/mol. The van der Waals surface area contributed by atoms with Gasteiger partial charge in [0.1, 0.15) is 0 Å². The molecule has 2 aromatic carbocycles. The fraction of sp³-hybridized carbons (Fsp3) is 0. The third-order valence-corrected chi connectivity index (χ3v) is 3.15. The molecule has 1 amide bonds. The number of benzene rings is 2. The van der Waals surface area contributed by atoms with Gasteiger partial charge in [0.15, 0.2) is 0 Å². The number of carbonyl (C=O) groups excluding carboxylic acids is 1. The van der Waals surface area contributed by atoms with Crippen LogP contribution < -0.4 is 5.32 Å². The molecule has 0 aliphatic carbocycles. The van der Waals surface area contributed by atoms with Crippen molar-refractivity contribution >= 4 is 23.4 Å². The molecular weight excluding hydrogens is 274 g/mol. The van der Waals surface area contributed by atoms with E-state index >= 15 is 0 Å². The van der Waals surface area contributed by atoms with E-state index in [1.807, 2.05) is 66.7 Å². The third-order valence-electron chi connectivity index (χ3n) is 3.15. The van der Waals surface area contributed by atoms with Crippen molar-refractivity contribution < 1.29 is 4.79 Å². The Morgan fingerprint density at radius 3 is 2.27 bits per heavy atom. The monoisotopic (exact) mass is 289 g/mol. The van der Waals surface area contributed by atoms with Crippen LogP contribution in [0.5, 0.6) is 0 Å². The molecule has 1 heterocycles. The first-order valence-corrected chi connectivity index (χ1v) is 6.96. The molecule has 0 fully saturated rings. The van der Waals surface area contributed by atoms with Crippen molar-refractivity contribution in [1.82, 2.24) is 9.78 Å². The van der Waals surface area contributed by atoms with E-state index in [-0.39, 0.29) is 5.91 Å². The van der Waals surface area contributed by atoms with E-state index in [2.05, 4.69) is 10.4 Å². The lowest BCUT2D eigenvalue weighted by molar-refractivity contribution is -0.111. The maximum atomic E-state index is 12.6. The van der Waals surface area contributed by atoms with Gasteiger partial charge in [-0.1, -0.05) is 48.5 Å². The van der Waals surface area contributed by atoms with Crippen molar-refractivity contribution in [2.24, 2.45) is 0 Å². The van der Waals surface area contributed by atoms with Crippen molar-refractivity contribution in [3.8, 4) is 0 Å². The number of amides is 1. The topological polar surface area (TPSA) is 46.9 Å². The Morgan fingerprint density at radius 1 is 0.955 bits per heavy atom. The summed E-state index contributed by atoms with van der Waals surface area (Å²) < 4.78 is 1.62. The molecule has 1 N–H and O–H groups in total. The molecule has 0 atom stereocenters. The van der Waals surface area contributed by atoms with E-state index in [9.17, 15) is 4.79 Å². The highest BCUT2D eigenvalue weighted by atomic mass is 16.1. The summed E-state index contributed by atoms with van der Waals surface area (Å²) in [6.45, 7) is 0. The molecule has 0 aliphatic heterocycles. The smallest absolute Gasteiger partial charge is 0.257 e. The number of hydrogen-bond acceptors (Lipinski definition) is 2. The Morgan fingerprint density at radius 2 is 1.64 bits per heavy atom. The number of nitrogens with one attached hydrogen (secondary N) is 1. The van der Waals surface area contributed by atoms with Gasteiger partial charge in [0.2, 0.25) is 0 Å². The predicted octanol–water partition coefficient (Wildman–Crippen LogP) is 3.52. The van der Waals surface area contributed by atoms with Crippen molar-refractivity contribution in [1.29, 1.82) is 0 Å². The maximum absolute atomic E-state index is 12.6. The summed E-state index contributed by atoms with van der Waals surface area (Å²) in [4.78, 5) is 12.6. The molecule has 22 heavy (non-hydrogen) atoms. The highest BCUT2D eigenvalue weighted by Gasteiger charge is 2.12. The minimum Gasteiger partial charge on any atom is -0.322 e. The largest absolute Gasteiger partial charge is 0.322 e. The second kappa shape index (κ2) is 6.54. The first-order chi connectivity index (χ1) is 10.8. The molecule has 1 aromatic heterocycles. The Balaban J connectivity index is 1.93. The zero-order chi connectivity index (χ0) is 15.2. The number of carbonyl (C=O) groups is 1. The summed E-state index contributed by atoms with van der Waals surface area (Å²) in [5, 5.41) is 7.04. The molecule has 0 saturated carbocycles. The fourth-order valence-electron chi connectivity index (χ4n) is 2.09. The third kappa shape index (κ3) is 3.30. The van der Waals surface area contributed by atoms with Gasteiger partial charge < -0.3 is 5.32 Å². The van der Waals surface area contributed by atoms with Crippen molar-refractivity contribution in [2.45, 2.75) is 0 Å². The molecule has 4 heteroatoms. The van der Waals surface area contributed by atoms with Crippen LogP contribution >= 0.6 is 0 Å². The summed E-state index contributed by atoms with van der Waals surface area (Å²) >= 11 is 0. The van der Waals surface area contributed by atoms with Gasteiger partial charge >= 0.3 is 0 Å². The SMILES string of the molecule is O=C(Nc1ccccc1)/C(=C/n1cccn1)c1ccccc1. The van der Waals surface area contributed by atoms with E-state index in [1.54, 1.807) is 23.3 Å². The van der Waals surface area contributed by atoms with Gasteiger partial charge in [-0.25, -0.2) is 4.68 Å². The second-order valence-electron chi connectivity index (χ2n) is 4.72. The van der Waals surface area contributed by atoms with Gasteiger partial charge in [-0.15, -0.1) is 0 Å². The zero-order valence-corrected chi connectivity index (χ0v) is 11.9. The van der Waals surface area contributed by atoms with E-state index in [4.69, 9.17) is 0 Å². The highest BCUT2D eigenvalue weighted by molar-refractivity contribution is 6.28. The number of para-hydroxylation sites is 1. The van der Waals surface area contributed by atoms with Gasteiger partial charge in [-0.2, -0.15) is 5.10 Å². The zero-order valence-electron chi connectivity index (χ0n) is 11.9. The quantitative estimate of drug-likeness (QED) is 0.747. The van der Waals surface area contributed by atoms with Gasteiger partial charge in [0, 0.05) is 24.3 Å². The lowest BCUT2D eigenvalue weighted by Crippen LogP contribution is -2.14. The Bertz CT molecular complexity index is 763. The number of anilines is 1. The number of aromatic nitrogens is 2. The van der Waals surface area contributed by atoms with E-state index in [0.717, 1.165) is 11.3 Å². The molecule has 0 saturated heterocycles. The van der Waals surface area contributed by atoms with Crippen molar-refractivity contribution in [3.05, 3.63) is 84.7 Å². The van der Waals surface area contributed by atoms with Crippen LogP contribution in [0.1, 0.15) is 5.56 Å². The molecular formula is C18H15N3O. The van der Waals surface area contributed by atoms with Crippen molar-refractivity contribution in [2.75, 3.05) is 5.32 Å². The summed E-state index contributed by atoms with van der Waals surface area (Å²) in [7, 11) is 0. The molecule has 0 aliphatic rings. The van der Waals surface area contributed by atoms with E-state index < -0.39 is 0 Å². The van der Waals surface area contributed by atoms with Crippen LogP contribution in [-0.2, 0) is 4.79 Å². The molecule has 3 rings (SSSR count). The van der Waals surface area contributed by atoms with Gasteiger partial charge in [-0.05, 0) is 23.8 Å². The summed E-state index contributed by atoms with van der Waals surface area (Å²) in [6.07, 6.45) is 5.18. The number of rotatable bonds is 4. The van der Waals surface area contributed by atoms with Crippen molar-refractivity contribution in [3.63, 3.8) is 0 Å². The first kappa shape index (κ1) is 13.8. The summed E-state index contributed by atoms with van der Waals surface area (Å²) in [6, 6.07) is 20.7. The molecule has 0 unspecified atom stereocenters. The Labute approximate surface area is 128 Å². The van der Waals surface area contributed by atoms with Crippen LogP contribution in [0.25, 0.3) is 11.8 Å². The molecule has 0 radical (unpaired) electrons. The van der Waals surface area contributed by atoms with Gasteiger partial charge in [-0.3, -0.25) is 4.79 Å². The van der Waals surface area contributed by atoms with Crippen LogP contribution in [0.4, 0.5) is 5.69 Å². The molecule has 0 spiro atoms. The molecule has 3 aromatic rings. The first-order valence-electron chi connectivity index (χ1n) is 6.96. The van der Waals surface area contributed by atoms with Crippen LogP contribution in [-0.4, -0.2) is 15.7 Å². The fourth-order valence-corrected chi connectivity index (χ4v) is 2.09.